The molecule has 3 aromatic heterocycles. The molecule has 1 aromatic carbocycles. The number of carbonyl (C=O) groups excluding carboxylic acids is 1. The van der Waals surface area contributed by atoms with Crippen LogP contribution < -0.4 is 10.1 Å². The fraction of sp³-hybridized carbons (Fsp3) is 0.100. The van der Waals surface area contributed by atoms with E-state index in [9.17, 15) is 13.6 Å². The van der Waals surface area contributed by atoms with Crippen LogP contribution in [0.4, 0.5) is 14.5 Å². The molecule has 11 heteroatoms. The molecule has 156 valence electrons. The summed E-state index contributed by atoms with van der Waals surface area (Å²) in [4.78, 5) is 17.1. The molecular formula is C20H13ClF2N6O2. The fourth-order valence-electron chi connectivity index (χ4n) is 2.95. The van der Waals surface area contributed by atoms with Crippen LogP contribution in [0.1, 0.15) is 10.4 Å². The smallest absolute Gasteiger partial charge is 0.387 e. The monoisotopic (exact) mass is 442 g/mol. The van der Waals surface area contributed by atoms with Gasteiger partial charge in [0, 0.05) is 23.0 Å². The molecule has 1 amide bonds. The van der Waals surface area contributed by atoms with Crippen LogP contribution in [0.5, 0.6) is 5.75 Å². The Morgan fingerprint density at radius 2 is 2.23 bits per heavy atom. The molecule has 4 aromatic rings. The quantitative estimate of drug-likeness (QED) is 0.460. The van der Waals surface area contributed by atoms with Gasteiger partial charge in [0.2, 0.25) is 0 Å². The molecule has 0 saturated carbocycles. The van der Waals surface area contributed by atoms with Gasteiger partial charge in [0.1, 0.15) is 23.6 Å². The van der Waals surface area contributed by atoms with Gasteiger partial charge in [0.25, 0.3) is 5.91 Å². The van der Waals surface area contributed by atoms with Crippen molar-refractivity contribution >= 4 is 28.8 Å². The molecule has 4 rings (SSSR count). The normalized spacial score (nSPS) is 10.9. The van der Waals surface area contributed by atoms with E-state index < -0.39 is 12.5 Å². The molecular weight excluding hydrogens is 430 g/mol. The third-order valence-corrected chi connectivity index (χ3v) is 4.43. The van der Waals surface area contributed by atoms with Crippen LogP contribution in [-0.2, 0) is 6.54 Å². The molecule has 0 radical (unpaired) electrons. The minimum Gasteiger partial charge on any atom is -0.434 e. The third kappa shape index (κ3) is 4.17. The van der Waals surface area contributed by atoms with Gasteiger partial charge in [0.15, 0.2) is 5.65 Å². The van der Waals surface area contributed by atoms with Crippen LogP contribution in [0.15, 0.2) is 49.1 Å². The Balaban J connectivity index is 1.77. The van der Waals surface area contributed by atoms with E-state index in [1.54, 1.807) is 12.3 Å². The summed E-state index contributed by atoms with van der Waals surface area (Å²) in [6, 6.07) is 5.79. The van der Waals surface area contributed by atoms with Crippen molar-refractivity contribution in [3.63, 3.8) is 0 Å². The largest absolute Gasteiger partial charge is 0.434 e. The molecule has 0 aliphatic heterocycles. The van der Waals surface area contributed by atoms with Crippen LogP contribution >= 0.6 is 11.6 Å². The number of terminal acetylenes is 1. The number of halogens is 3. The van der Waals surface area contributed by atoms with Gasteiger partial charge in [-0.05, 0) is 24.3 Å². The molecule has 0 aliphatic rings. The van der Waals surface area contributed by atoms with E-state index in [0.29, 0.717) is 5.65 Å². The number of anilines is 1. The number of aromatic nitrogens is 5. The number of nitrogens with one attached hydrogen (secondary N) is 1. The second-order valence-electron chi connectivity index (χ2n) is 6.21. The number of benzene rings is 1. The maximum absolute atomic E-state index is 12.9. The van der Waals surface area contributed by atoms with Crippen LogP contribution in [0.2, 0.25) is 5.02 Å². The fourth-order valence-corrected chi connectivity index (χ4v) is 3.12. The lowest BCUT2D eigenvalue weighted by atomic mass is 10.1. The summed E-state index contributed by atoms with van der Waals surface area (Å²) in [6.07, 6.45) is 11.4. The molecule has 8 nitrogen and oxygen atoms in total. The zero-order chi connectivity index (χ0) is 22.0. The van der Waals surface area contributed by atoms with Crippen LogP contribution in [0.3, 0.4) is 0 Å². The SMILES string of the molecule is C#CCn1cc(NC(=O)c2cnn3cccnc23)c(-c2cc(Cl)ccc2OC(F)F)n1. The highest BCUT2D eigenvalue weighted by atomic mass is 35.5. The maximum atomic E-state index is 12.9. The number of nitrogens with zero attached hydrogens (tertiary/aromatic N) is 5. The lowest BCUT2D eigenvalue weighted by Crippen LogP contribution is -2.12. The summed E-state index contributed by atoms with van der Waals surface area (Å²) in [5.41, 5.74) is 1.11. The summed E-state index contributed by atoms with van der Waals surface area (Å²) >= 11 is 6.06. The zero-order valence-corrected chi connectivity index (χ0v) is 16.4. The van der Waals surface area contributed by atoms with Gasteiger partial charge in [0.05, 0.1) is 18.1 Å². The molecule has 0 bridgehead atoms. The molecule has 0 atom stereocenters. The van der Waals surface area contributed by atoms with E-state index in [2.05, 4.69) is 31.2 Å². The van der Waals surface area contributed by atoms with E-state index in [1.807, 2.05) is 0 Å². The van der Waals surface area contributed by atoms with Gasteiger partial charge in [-0.2, -0.15) is 19.0 Å². The van der Waals surface area contributed by atoms with Gasteiger partial charge in [-0.25, -0.2) is 9.50 Å². The first kappa shape index (κ1) is 20.3. The number of hydrogen-bond donors (Lipinski definition) is 1. The second kappa shape index (κ2) is 8.41. The summed E-state index contributed by atoms with van der Waals surface area (Å²) in [5.74, 6) is 1.75. The molecule has 0 aliphatic carbocycles. The van der Waals surface area contributed by atoms with Crippen molar-refractivity contribution in [2.24, 2.45) is 0 Å². The van der Waals surface area contributed by atoms with E-state index >= 15 is 0 Å². The number of fused-ring (bicyclic) bond motifs is 1. The standard InChI is InChI=1S/C20H13ClF2N6O2/c1-2-7-28-11-15(26-19(30)14-10-25-29-8-3-6-24-18(14)29)17(27-28)13-9-12(21)4-5-16(13)31-20(22)23/h1,3-6,8-11,20H,7H2,(H,26,30). The number of carbonyl (C=O) groups is 1. The summed E-state index contributed by atoms with van der Waals surface area (Å²) in [7, 11) is 0. The number of rotatable bonds is 6. The van der Waals surface area contributed by atoms with Crippen molar-refractivity contribution in [3.8, 4) is 29.4 Å². The molecule has 0 fully saturated rings. The minimum atomic E-state index is -3.06. The van der Waals surface area contributed by atoms with Gasteiger partial charge in [-0.1, -0.05) is 17.5 Å². The average molecular weight is 443 g/mol. The molecule has 0 unspecified atom stereocenters. The van der Waals surface area contributed by atoms with Gasteiger partial charge in [-0.15, -0.1) is 6.42 Å². The Labute approximate surface area is 179 Å². The number of ether oxygens (including phenoxy) is 1. The first-order valence-corrected chi connectivity index (χ1v) is 9.19. The van der Waals surface area contributed by atoms with Crippen molar-refractivity contribution in [3.05, 3.63) is 59.6 Å². The highest BCUT2D eigenvalue weighted by molar-refractivity contribution is 6.31. The number of alkyl halides is 2. The Bertz CT molecular complexity index is 1310. The minimum absolute atomic E-state index is 0.0900. The first-order chi connectivity index (χ1) is 15.0. The molecule has 31 heavy (non-hydrogen) atoms. The van der Waals surface area contributed by atoms with Gasteiger partial charge >= 0.3 is 6.61 Å². The summed E-state index contributed by atoms with van der Waals surface area (Å²) in [6.45, 7) is -2.97. The first-order valence-electron chi connectivity index (χ1n) is 8.81. The summed E-state index contributed by atoms with van der Waals surface area (Å²) in [5, 5.41) is 11.4. The van der Waals surface area contributed by atoms with Gasteiger partial charge in [-0.3, -0.25) is 9.48 Å². The van der Waals surface area contributed by atoms with Crippen LogP contribution in [0.25, 0.3) is 16.9 Å². The number of amides is 1. The van der Waals surface area contributed by atoms with Crippen molar-refractivity contribution in [2.75, 3.05) is 5.32 Å². The average Bonchev–Trinajstić information content (AvgIpc) is 3.33. The highest BCUT2D eigenvalue weighted by Gasteiger charge is 2.21. The Hall–Kier alpha value is -3.97. The highest BCUT2D eigenvalue weighted by Crippen LogP contribution is 2.37. The molecule has 1 N–H and O–H groups in total. The van der Waals surface area contributed by atoms with E-state index in [4.69, 9.17) is 18.0 Å². The van der Waals surface area contributed by atoms with Crippen LogP contribution in [-0.4, -0.2) is 36.9 Å². The Morgan fingerprint density at radius 1 is 1.39 bits per heavy atom. The van der Waals surface area contributed by atoms with E-state index in [1.165, 1.54) is 46.0 Å². The lowest BCUT2D eigenvalue weighted by Gasteiger charge is -2.11. The number of hydrogen-bond acceptors (Lipinski definition) is 5. The van der Waals surface area contributed by atoms with Crippen molar-refractivity contribution < 1.29 is 18.3 Å². The van der Waals surface area contributed by atoms with E-state index in [0.717, 1.165) is 0 Å². The van der Waals surface area contributed by atoms with Gasteiger partial charge < -0.3 is 10.1 Å². The third-order valence-electron chi connectivity index (χ3n) is 4.20. The van der Waals surface area contributed by atoms with Crippen molar-refractivity contribution in [2.45, 2.75) is 13.2 Å². The molecule has 0 saturated heterocycles. The van der Waals surface area contributed by atoms with Crippen LogP contribution in [0, 0.1) is 12.3 Å². The maximum Gasteiger partial charge on any atom is 0.387 e. The second-order valence-corrected chi connectivity index (χ2v) is 6.65. The Morgan fingerprint density at radius 3 is 3.00 bits per heavy atom. The molecule has 0 spiro atoms. The predicted molar refractivity (Wildman–Crippen MR) is 109 cm³/mol. The lowest BCUT2D eigenvalue weighted by molar-refractivity contribution is -0.0494. The Kier molecular flexibility index (Phi) is 5.51. The molecule has 3 heterocycles. The van der Waals surface area contributed by atoms with E-state index in [-0.39, 0.29) is 39.8 Å². The summed E-state index contributed by atoms with van der Waals surface area (Å²) < 4.78 is 33.2. The topological polar surface area (TPSA) is 86.3 Å². The van der Waals surface area contributed by atoms with Crippen molar-refractivity contribution in [1.29, 1.82) is 0 Å². The zero-order valence-electron chi connectivity index (χ0n) is 15.7. The van der Waals surface area contributed by atoms with Crippen molar-refractivity contribution in [1.82, 2.24) is 24.4 Å². The predicted octanol–water partition coefficient (Wildman–Crippen LogP) is 3.73.